The average molecular weight is 561 g/mol. The minimum absolute atomic E-state index is 0.0241. The molecule has 6 heteroatoms. The van der Waals surface area contributed by atoms with Crippen molar-refractivity contribution < 1.29 is 19.7 Å². The number of phenols is 2. The lowest BCUT2D eigenvalue weighted by atomic mass is 9.86. The molecule has 0 spiro atoms. The van der Waals surface area contributed by atoms with Gasteiger partial charge in [-0.1, -0.05) is 79.4 Å². The molecule has 0 aliphatic heterocycles. The van der Waals surface area contributed by atoms with Crippen LogP contribution in [0.4, 0.5) is 0 Å². The van der Waals surface area contributed by atoms with Crippen LogP contribution in [0.25, 0.3) is 0 Å². The number of benzene rings is 2. The first kappa shape index (κ1) is 30.9. The maximum atomic E-state index is 10.9. The zero-order valence-electron chi connectivity index (χ0n) is 24.6. The number of rotatable bonds is 8. The molecule has 0 bridgehead atoms. The van der Waals surface area contributed by atoms with Crippen LogP contribution in [0.5, 0.6) is 23.0 Å². The van der Waals surface area contributed by atoms with Gasteiger partial charge < -0.3 is 19.7 Å². The van der Waals surface area contributed by atoms with Gasteiger partial charge >= 0.3 is 0 Å². The maximum Gasteiger partial charge on any atom is 0.161 e. The van der Waals surface area contributed by atoms with Crippen LogP contribution in [-0.4, -0.2) is 34.9 Å². The standard InChI is InChI=1S/C32H48O4S2/c1-31(2,3)23-15-21(29(33)25(17-23)35-7)19-37-27-13-11-9-10-12-14-28(27)38-20-22-16-24(32(4,5)6)18-26(36-8)30(22)34/h15-18,27-28,33-34H,9-14,19-20H2,1-8H3/t27-,28?/m0/s1. The minimum atomic E-state index is -0.0241. The van der Waals surface area contributed by atoms with E-state index in [1.54, 1.807) is 14.2 Å². The van der Waals surface area contributed by atoms with E-state index in [0.717, 1.165) is 22.6 Å². The number of aromatic hydroxyl groups is 2. The second-order valence-electron chi connectivity index (χ2n) is 12.6. The molecular formula is C32H48O4S2. The summed E-state index contributed by atoms with van der Waals surface area (Å²) >= 11 is 3.93. The van der Waals surface area contributed by atoms with Crippen molar-refractivity contribution in [2.24, 2.45) is 0 Å². The van der Waals surface area contributed by atoms with Crippen molar-refractivity contribution in [3.8, 4) is 23.0 Å². The largest absolute Gasteiger partial charge is 0.504 e. The molecule has 0 saturated heterocycles. The highest BCUT2D eigenvalue weighted by molar-refractivity contribution is 8.03. The zero-order valence-corrected chi connectivity index (χ0v) is 26.3. The molecular weight excluding hydrogens is 512 g/mol. The molecule has 2 atom stereocenters. The molecule has 1 aliphatic carbocycles. The second kappa shape index (κ2) is 13.1. The molecule has 2 aromatic carbocycles. The molecule has 0 amide bonds. The monoisotopic (exact) mass is 560 g/mol. The van der Waals surface area contributed by atoms with E-state index in [4.69, 9.17) is 9.47 Å². The van der Waals surface area contributed by atoms with Gasteiger partial charge in [0, 0.05) is 33.1 Å². The summed E-state index contributed by atoms with van der Waals surface area (Å²) in [7, 11) is 3.25. The van der Waals surface area contributed by atoms with Crippen molar-refractivity contribution in [1.29, 1.82) is 0 Å². The molecule has 38 heavy (non-hydrogen) atoms. The van der Waals surface area contributed by atoms with Crippen LogP contribution in [0, 0.1) is 0 Å². The van der Waals surface area contributed by atoms with Crippen LogP contribution in [0.15, 0.2) is 24.3 Å². The number of phenolic OH excluding ortho intramolecular Hbond substituents is 2. The second-order valence-corrected chi connectivity index (χ2v) is 15.0. The molecule has 1 fully saturated rings. The van der Waals surface area contributed by atoms with Crippen LogP contribution in [-0.2, 0) is 22.3 Å². The number of ether oxygens (including phenoxy) is 2. The molecule has 2 N–H and O–H groups in total. The summed E-state index contributed by atoms with van der Waals surface area (Å²) in [5, 5.41) is 22.8. The minimum Gasteiger partial charge on any atom is -0.504 e. The predicted octanol–water partition coefficient (Wildman–Crippen LogP) is 8.97. The molecule has 3 rings (SSSR count). The molecule has 1 aliphatic rings. The Morgan fingerprint density at radius 1 is 0.658 bits per heavy atom. The van der Waals surface area contributed by atoms with Gasteiger partial charge in [0.1, 0.15) is 0 Å². The molecule has 2 aromatic rings. The molecule has 4 nitrogen and oxygen atoms in total. The normalized spacial score (nSPS) is 19.1. The molecule has 0 aromatic heterocycles. The van der Waals surface area contributed by atoms with E-state index in [9.17, 15) is 10.2 Å². The smallest absolute Gasteiger partial charge is 0.161 e. The van der Waals surface area contributed by atoms with Gasteiger partial charge in [-0.05, 0) is 46.9 Å². The Kier molecular flexibility index (Phi) is 10.7. The van der Waals surface area contributed by atoms with Crippen molar-refractivity contribution in [2.75, 3.05) is 14.2 Å². The lowest BCUT2D eigenvalue weighted by Crippen LogP contribution is -2.22. The van der Waals surface area contributed by atoms with Crippen molar-refractivity contribution in [3.05, 3.63) is 46.5 Å². The highest BCUT2D eigenvalue weighted by atomic mass is 32.2. The van der Waals surface area contributed by atoms with Crippen LogP contribution >= 0.6 is 23.5 Å². The van der Waals surface area contributed by atoms with Crippen molar-refractivity contribution in [1.82, 2.24) is 0 Å². The van der Waals surface area contributed by atoms with E-state index in [2.05, 4.69) is 53.7 Å². The van der Waals surface area contributed by atoms with Gasteiger partial charge in [0.15, 0.2) is 23.0 Å². The van der Waals surface area contributed by atoms with Gasteiger partial charge in [-0.2, -0.15) is 23.5 Å². The van der Waals surface area contributed by atoms with Crippen LogP contribution in [0.2, 0.25) is 0 Å². The van der Waals surface area contributed by atoms with Crippen LogP contribution in [0.3, 0.4) is 0 Å². The Hall–Kier alpha value is -1.66. The highest BCUT2D eigenvalue weighted by Gasteiger charge is 2.27. The molecule has 0 heterocycles. The summed E-state index contributed by atoms with van der Waals surface area (Å²) in [6.45, 7) is 13.1. The summed E-state index contributed by atoms with van der Waals surface area (Å²) < 4.78 is 11.0. The fraction of sp³-hybridized carbons (Fsp3) is 0.625. The van der Waals surface area contributed by atoms with E-state index in [1.165, 1.54) is 49.7 Å². The van der Waals surface area contributed by atoms with E-state index in [1.807, 2.05) is 35.7 Å². The first-order valence-electron chi connectivity index (χ1n) is 13.9. The molecule has 1 saturated carbocycles. The molecule has 1 unspecified atom stereocenters. The Labute approximate surface area is 239 Å². The summed E-state index contributed by atoms with van der Waals surface area (Å²) in [6, 6.07) is 8.23. The SMILES string of the molecule is COc1cc(C(C)(C)C)cc(CSC2CCCCCC[C@@H]2SCc2cc(C(C)(C)C)cc(OC)c2O)c1O. The Bertz CT molecular complexity index is 983. The Morgan fingerprint density at radius 2 is 1.03 bits per heavy atom. The zero-order chi connectivity index (χ0) is 28.1. The third-order valence-electron chi connectivity index (χ3n) is 7.53. The van der Waals surface area contributed by atoms with E-state index < -0.39 is 0 Å². The summed E-state index contributed by atoms with van der Waals surface area (Å²) in [6.07, 6.45) is 7.42. The number of hydrogen-bond donors (Lipinski definition) is 2. The summed E-state index contributed by atoms with van der Waals surface area (Å²) in [4.78, 5) is 0. The fourth-order valence-electron chi connectivity index (χ4n) is 4.92. The van der Waals surface area contributed by atoms with Gasteiger partial charge in [0.2, 0.25) is 0 Å². The number of hydrogen-bond acceptors (Lipinski definition) is 6. The molecule has 212 valence electrons. The Morgan fingerprint density at radius 3 is 1.34 bits per heavy atom. The Balaban J connectivity index is 1.81. The third-order valence-corrected chi connectivity index (χ3v) is 10.6. The topological polar surface area (TPSA) is 58.9 Å². The van der Waals surface area contributed by atoms with Crippen LogP contribution in [0.1, 0.15) is 102 Å². The fourth-order valence-corrected chi connectivity index (χ4v) is 7.99. The third kappa shape index (κ3) is 7.94. The van der Waals surface area contributed by atoms with E-state index in [0.29, 0.717) is 22.0 Å². The lowest BCUT2D eigenvalue weighted by Gasteiger charge is -2.29. The van der Waals surface area contributed by atoms with Gasteiger partial charge in [-0.3, -0.25) is 0 Å². The van der Waals surface area contributed by atoms with Gasteiger partial charge in [0.05, 0.1) is 14.2 Å². The first-order chi connectivity index (χ1) is 17.8. The van der Waals surface area contributed by atoms with Gasteiger partial charge in [-0.25, -0.2) is 0 Å². The van der Waals surface area contributed by atoms with Gasteiger partial charge in [-0.15, -0.1) is 0 Å². The van der Waals surface area contributed by atoms with Crippen molar-refractivity contribution in [3.63, 3.8) is 0 Å². The van der Waals surface area contributed by atoms with Crippen molar-refractivity contribution in [2.45, 2.75) is 113 Å². The summed E-state index contributed by atoms with van der Waals surface area (Å²) in [5.41, 5.74) is 4.20. The van der Waals surface area contributed by atoms with Crippen LogP contribution < -0.4 is 9.47 Å². The first-order valence-corrected chi connectivity index (χ1v) is 16.0. The maximum absolute atomic E-state index is 10.9. The highest BCUT2D eigenvalue weighted by Crippen LogP contribution is 2.43. The number of thioether (sulfide) groups is 2. The summed E-state index contributed by atoms with van der Waals surface area (Å²) in [5.74, 6) is 3.15. The molecule has 0 radical (unpaired) electrons. The predicted molar refractivity (Wildman–Crippen MR) is 165 cm³/mol. The van der Waals surface area contributed by atoms with Gasteiger partial charge in [0.25, 0.3) is 0 Å². The van der Waals surface area contributed by atoms with Crippen molar-refractivity contribution >= 4 is 23.5 Å². The number of methoxy groups -OCH3 is 2. The average Bonchev–Trinajstić information content (AvgIpc) is 2.83. The van der Waals surface area contributed by atoms with E-state index in [-0.39, 0.29) is 22.3 Å². The van der Waals surface area contributed by atoms with E-state index >= 15 is 0 Å². The lowest BCUT2D eigenvalue weighted by molar-refractivity contribution is 0.369. The quantitative estimate of drug-likeness (QED) is 0.336.